The second-order valence-corrected chi connectivity index (χ2v) is 3.35. The molecule has 0 fully saturated rings. The van der Waals surface area contributed by atoms with Gasteiger partial charge in [-0.3, -0.25) is 4.79 Å². The number of benzene rings is 1. The molecule has 0 bridgehead atoms. The topological polar surface area (TPSA) is 20.3 Å². The second kappa shape index (κ2) is 3.84. The van der Waals surface area contributed by atoms with Crippen molar-refractivity contribution in [1.82, 2.24) is 4.90 Å². The Hall–Kier alpha value is -0.955. The van der Waals surface area contributed by atoms with E-state index in [-0.39, 0.29) is 5.91 Å². The second-order valence-electron chi connectivity index (χ2n) is 2.94. The summed E-state index contributed by atoms with van der Waals surface area (Å²) in [6.07, 6.45) is 0. The summed E-state index contributed by atoms with van der Waals surface area (Å²) in [5, 5.41) is 0.388. The predicted molar refractivity (Wildman–Crippen MR) is 54.9 cm³/mol. The third-order valence-electron chi connectivity index (χ3n) is 1.63. The third-order valence-corrected chi connectivity index (χ3v) is 1.94. The molecule has 0 aliphatic rings. The van der Waals surface area contributed by atoms with Gasteiger partial charge in [0.05, 0.1) is 10.6 Å². The number of carbonyl (C=O) groups is 1. The van der Waals surface area contributed by atoms with Crippen LogP contribution in [0.1, 0.15) is 10.4 Å². The van der Waals surface area contributed by atoms with Crippen molar-refractivity contribution in [3.05, 3.63) is 28.8 Å². The van der Waals surface area contributed by atoms with Crippen LogP contribution in [0.15, 0.2) is 18.2 Å². The number of halogens is 1. The molecule has 1 amide bonds. The van der Waals surface area contributed by atoms with Gasteiger partial charge in [0.25, 0.3) is 5.91 Å². The molecule has 1 rings (SSSR count). The Bertz CT molecular complexity index is 338. The highest BCUT2D eigenvalue weighted by Crippen LogP contribution is 2.14. The highest BCUT2D eigenvalue weighted by molar-refractivity contribution is 6.38. The quantitative estimate of drug-likeness (QED) is 0.605. The fourth-order valence-electron chi connectivity index (χ4n) is 0.946. The Morgan fingerprint density at radius 3 is 2.54 bits per heavy atom. The first-order valence-corrected chi connectivity index (χ1v) is 4.17. The highest BCUT2D eigenvalue weighted by Gasteiger charge is 2.11. The van der Waals surface area contributed by atoms with Gasteiger partial charge in [0.1, 0.15) is 7.85 Å². The molecule has 2 nitrogen and oxygen atoms in total. The van der Waals surface area contributed by atoms with Crippen LogP contribution in [0.4, 0.5) is 0 Å². The van der Waals surface area contributed by atoms with Gasteiger partial charge in [-0.2, -0.15) is 0 Å². The fourth-order valence-corrected chi connectivity index (χ4v) is 1.22. The predicted octanol–water partition coefficient (Wildman–Crippen LogP) is 0.836. The molecule has 0 aliphatic heterocycles. The number of hydrogen-bond acceptors (Lipinski definition) is 1. The van der Waals surface area contributed by atoms with Crippen molar-refractivity contribution in [3.8, 4) is 0 Å². The van der Waals surface area contributed by atoms with Crippen molar-refractivity contribution in [3.63, 3.8) is 0 Å². The Kier molecular flexibility index (Phi) is 2.99. The van der Waals surface area contributed by atoms with E-state index in [0.717, 1.165) is 0 Å². The van der Waals surface area contributed by atoms with Gasteiger partial charge in [-0.15, -0.1) is 0 Å². The van der Waals surface area contributed by atoms with Crippen LogP contribution in [0.2, 0.25) is 5.02 Å². The van der Waals surface area contributed by atoms with E-state index in [1.54, 1.807) is 32.3 Å². The number of amides is 1. The lowest BCUT2D eigenvalue weighted by Crippen LogP contribution is -2.22. The lowest BCUT2D eigenvalue weighted by Gasteiger charge is -2.11. The molecule has 0 spiro atoms. The highest BCUT2D eigenvalue weighted by atomic mass is 35.5. The van der Waals surface area contributed by atoms with E-state index in [4.69, 9.17) is 19.4 Å². The average molecular weight is 193 g/mol. The minimum atomic E-state index is -0.120. The van der Waals surface area contributed by atoms with Crippen LogP contribution in [-0.4, -0.2) is 32.7 Å². The summed E-state index contributed by atoms with van der Waals surface area (Å²) >= 11 is 5.84. The summed E-state index contributed by atoms with van der Waals surface area (Å²) in [5.74, 6) is -0.120. The molecule has 0 atom stereocenters. The lowest BCUT2D eigenvalue weighted by molar-refractivity contribution is 0.0828. The number of nitrogens with zero attached hydrogens (tertiary/aromatic N) is 1. The SMILES string of the molecule is [B]c1ccc(C(=O)N(C)C)c(Cl)c1. The molecule has 0 N–H and O–H groups in total. The van der Waals surface area contributed by atoms with Gasteiger partial charge >= 0.3 is 0 Å². The summed E-state index contributed by atoms with van der Waals surface area (Å²) in [7, 11) is 8.85. The molecule has 0 heterocycles. The van der Waals surface area contributed by atoms with Crippen molar-refractivity contribution >= 4 is 30.8 Å². The van der Waals surface area contributed by atoms with Gasteiger partial charge in [0.2, 0.25) is 0 Å². The third kappa shape index (κ3) is 2.25. The summed E-state index contributed by atoms with van der Waals surface area (Å²) in [4.78, 5) is 12.9. The summed E-state index contributed by atoms with van der Waals surface area (Å²) in [6, 6.07) is 4.85. The molecule has 4 heteroatoms. The zero-order chi connectivity index (χ0) is 10.0. The van der Waals surface area contributed by atoms with Gasteiger partial charge in [-0.05, 0) is 12.1 Å². The van der Waals surface area contributed by atoms with Gasteiger partial charge in [0.15, 0.2) is 0 Å². The molecule has 2 radical (unpaired) electrons. The smallest absolute Gasteiger partial charge is 0.254 e. The molecule has 1 aromatic carbocycles. The fraction of sp³-hybridized carbons (Fsp3) is 0.222. The zero-order valence-corrected chi connectivity index (χ0v) is 8.30. The maximum Gasteiger partial charge on any atom is 0.254 e. The molecule has 0 aromatic heterocycles. The first-order chi connectivity index (χ1) is 6.02. The molecule has 1 aromatic rings. The van der Waals surface area contributed by atoms with E-state index in [2.05, 4.69) is 0 Å². The first-order valence-electron chi connectivity index (χ1n) is 3.79. The molecule has 13 heavy (non-hydrogen) atoms. The van der Waals surface area contributed by atoms with Crippen molar-refractivity contribution in [2.45, 2.75) is 0 Å². The molecular formula is C9H9BClNO. The largest absolute Gasteiger partial charge is 0.345 e. The Morgan fingerprint density at radius 1 is 1.46 bits per heavy atom. The maximum atomic E-state index is 11.5. The molecule has 0 saturated carbocycles. The number of rotatable bonds is 1. The minimum absolute atomic E-state index is 0.120. The standard InChI is InChI=1S/C9H9BClNO/c1-12(2)9(13)7-4-3-6(10)5-8(7)11/h3-5H,1-2H3. The Labute approximate surface area is 83.9 Å². The number of hydrogen-bond donors (Lipinski definition) is 0. The van der Waals surface area contributed by atoms with Gasteiger partial charge in [0, 0.05) is 14.1 Å². The Balaban J connectivity index is 3.09. The van der Waals surface area contributed by atoms with Gasteiger partial charge in [-0.25, -0.2) is 0 Å². The molecule has 0 unspecified atom stereocenters. The van der Waals surface area contributed by atoms with E-state index in [1.165, 1.54) is 4.90 Å². The normalized spacial score (nSPS) is 9.77. The van der Waals surface area contributed by atoms with Crippen LogP contribution in [0.25, 0.3) is 0 Å². The van der Waals surface area contributed by atoms with Crippen LogP contribution in [0.5, 0.6) is 0 Å². The van der Waals surface area contributed by atoms with E-state index in [1.807, 2.05) is 0 Å². The molecular weight excluding hydrogens is 184 g/mol. The maximum absolute atomic E-state index is 11.5. The lowest BCUT2D eigenvalue weighted by atomic mass is 9.95. The van der Waals surface area contributed by atoms with Crippen LogP contribution >= 0.6 is 11.6 Å². The number of carbonyl (C=O) groups excluding carboxylic acids is 1. The Morgan fingerprint density at radius 2 is 2.08 bits per heavy atom. The van der Waals surface area contributed by atoms with Crippen LogP contribution < -0.4 is 5.46 Å². The molecule has 0 saturated heterocycles. The van der Waals surface area contributed by atoms with E-state index in [9.17, 15) is 4.79 Å². The van der Waals surface area contributed by atoms with Crippen molar-refractivity contribution < 1.29 is 4.79 Å². The monoisotopic (exact) mass is 193 g/mol. The van der Waals surface area contributed by atoms with Crippen LogP contribution in [0, 0.1) is 0 Å². The first kappa shape index (κ1) is 10.1. The van der Waals surface area contributed by atoms with E-state index in [0.29, 0.717) is 16.0 Å². The molecule has 66 valence electrons. The minimum Gasteiger partial charge on any atom is -0.345 e. The van der Waals surface area contributed by atoms with E-state index < -0.39 is 0 Å². The van der Waals surface area contributed by atoms with Crippen LogP contribution in [0.3, 0.4) is 0 Å². The van der Waals surface area contributed by atoms with Crippen molar-refractivity contribution in [2.75, 3.05) is 14.1 Å². The van der Waals surface area contributed by atoms with Crippen molar-refractivity contribution in [1.29, 1.82) is 0 Å². The van der Waals surface area contributed by atoms with E-state index >= 15 is 0 Å². The van der Waals surface area contributed by atoms with Crippen LogP contribution in [-0.2, 0) is 0 Å². The van der Waals surface area contributed by atoms with Gasteiger partial charge < -0.3 is 4.90 Å². The summed E-state index contributed by atoms with van der Waals surface area (Å²) in [5.41, 5.74) is 1.03. The average Bonchev–Trinajstić information content (AvgIpc) is 2.03. The molecule has 0 aliphatic carbocycles. The summed E-state index contributed by atoms with van der Waals surface area (Å²) < 4.78 is 0. The summed E-state index contributed by atoms with van der Waals surface area (Å²) in [6.45, 7) is 0. The van der Waals surface area contributed by atoms with Crippen molar-refractivity contribution in [2.24, 2.45) is 0 Å². The van der Waals surface area contributed by atoms with Gasteiger partial charge in [-0.1, -0.05) is 23.1 Å². The zero-order valence-electron chi connectivity index (χ0n) is 7.54.